The predicted octanol–water partition coefficient (Wildman–Crippen LogP) is 3.89. The predicted molar refractivity (Wildman–Crippen MR) is 86.0 cm³/mol. The number of nitrogens with two attached hydrogens (primary N) is 1. The van der Waals surface area contributed by atoms with Crippen LogP contribution >= 0.6 is 27.7 Å². The van der Waals surface area contributed by atoms with E-state index in [9.17, 15) is 8.78 Å². The van der Waals surface area contributed by atoms with Crippen LogP contribution in [0.25, 0.3) is 0 Å². The first-order valence-corrected chi connectivity index (χ1v) is 8.15. The van der Waals surface area contributed by atoms with Crippen LogP contribution in [-0.2, 0) is 6.42 Å². The normalized spacial score (nSPS) is 12.4. The summed E-state index contributed by atoms with van der Waals surface area (Å²) in [6.45, 7) is 0. The van der Waals surface area contributed by atoms with Gasteiger partial charge >= 0.3 is 0 Å². The number of nitrogens with one attached hydrogen (secondary N) is 1. The van der Waals surface area contributed by atoms with Crippen LogP contribution in [0.1, 0.15) is 5.56 Å². The lowest BCUT2D eigenvalue weighted by Gasteiger charge is -2.16. The Morgan fingerprint density at radius 2 is 2.00 bits per heavy atom. The van der Waals surface area contributed by atoms with Gasteiger partial charge in [-0.15, -0.1) is 11.8 Å². The van der Waals surface area contributed by atoms with E-state index >= 15 is 0 Å². The third kappa shape index (κ3) is 5.07. The average Bonchev–Trinajstić information content (AvgIpc) is 2.45. The fraction of sp³-hybridized carbons (Fsp3) is 0.200. The summed E-state index contributed by atoms with van der Waals surface area (Å²) in [5.74, 6) is 5.62. The summed E-state index contributed by atoms with van der Waals surface area (Å²) < 4.78 is 27.6. The molecule has 0 amide bonds. The van der Waals surface area contributed by atoms with Crippen molar-refractivity contribution in [1.29, 1.82) is 0 Å². The van der Waals surface area contributed by atoms with Crippen molar-refractivity contribution in [3.8, 4) is 0 Å². The number of thioether (sulfide) groups is 1. The molecule has 6 heteroatoms. The summed E-state index contributed by atoms with van der Waals surface area (Å²) in [7, 11) is 0. The molecule has 2 aromatic rings. The highest BCUT2D eigenvalue weighted by molar-refractivity contribution is 9.10. The highest BCUT2D eigenvalue weighted by Crippen LogP contribution is 2.22. The Labute approximate surface area is 135 Å². The third-order valence-corrected chi connectivity index (χ3v) is 4.61. The largest absolute Gasteiger partial charge is 0.271 e. The molecule has 0 radical (unpaired) electrons. The monoisotopic (exact) mass is 372 g/mol. The van der Waals surface area contributed by atoms with Crippen molar-refractivity contribution < 1.29 is 8.78 Å². The topological polar surface area (TPSA) is 38.0 Å². The van der Waals surface area contributed by atoms with Gasteiger partial charge in [-0.25, -0.2) is 8.78 Å². The molecule has 2 nitrogen and oxygen atoms in total. The Morgan fingerprint density at radius 1 is 1.19 bits per heavy atom. The molecule has 0 bridgehead atoms. The van der Waals surface area contributed by atoms with Crippen LogP contribution < -0.4 is 11.3 Å². The molecule has 112 valence electrons. The molecule has 0 aliphatic rings. The lowest BCUT2D eigenvalue weighted by Crippen LogP contribution is -2.38. The van der Waals surface area contributed by atoms with Crippen LogP contribution in [0.15, 0.2) is 51.8 Å². The van der Waals surface area contributed by atoms with Crippen LogP contribution in [0, 0.1) is 11.6 Å². The minimum atomic E-state index is -0.267. The fourth-order valence-corrected chi connectivity index (χ4v) is 3.18. The summed E-state index contributed by atoms with van der Waals surface area (Å²) in [6.07, 6.45) is 0.470. The molecule has 0 aliphatic carbocycles. The summed E-state index contributed by atoms with van der Waals surface area (Å²) in [5, 5.41) is 0. The Kier molecular flexibility index (Phi) is 6.17. The second kappa shape index (κ2) is 7.89. The van der Waals surface area contributed by atoms with Crippen LogP contribution in [0.5, 0.6) is 0 Å². The minimum absolute atomic E-state index is 0.103. The van der Waals surface area contributed by atoms with Crippen LogP contribution in [0.4, 0.5) is 8.78 Å². The minimum Gasteiger partial charge on any atom is -0.271 e. The molecule has 0 aromatic heterocycles. The van der Waals surface area contributed by atoms with Gasteiger partial charge in [-0.05, 0) is 42.3 Å². The SMILES string of the molecule is NNC(CSc1cccc(F)c1)Cc1ccc(Br)cc1F. The van der Waals surface area contributed by atoms with Gasteiger partial charge in [-0.1, -0.05) is 28.1 Å². The van der Waals surface area contributed by atoms with Gasteiger partial charge in [0.05, 0.1) is 0 Å². The van der Waals surface area contributed by atoms with E-state index in [1.165, 1.54) is 30.0 Å². The Balaban J connectivity index is 1.97. The van der Waals surface area contributed by atoms with E-state index in [0.717, 1.165) is 4.90 Å². The number of rotatable bonds is 6. The Hall–Kier alpha value is -0.950. The molecule has 2 aromatic carbocycles. The smallest absolute Gasteiger partial charge is 0.127 e. The molecule has 21 heavy (non-hydrogen) atoms. The molecule has 1 atom stereocenters. The van der Waals surface area contributed by atoms with Crippen molar-refractivity contribution in [2.75, 3.05) is 5.75 Å². The van der Waals surface area contributed by atoms with Crippen molar-refractivity contribution in [2.24, 2.45) is 5.84 Å². The number of benzene rings is 2. The number of hydrogen-bond donors (Lipinski definition) is 2. The zero-order valence-corrected chi connectivity index (χ0v) is 13.6. The highest BCUT2D eigenvalue weighted by Gasteiger charge is 2.12. The quantitative estimate of drug-likeness (QED) is 0.458. The molecular formula is C15H15BrF2N2S. The molecule has 0 saturated heterocycles. The van der Waals surface area contributed by atoms with Gasteiger partial charge in [-0.3, -0.25) is 11.3 Å². The maximum atomic E-state index is 13.8. The van der Waals surface area contributed by atoms with E-state index in [-0.39, 0.29) is 17.7 Å². The lowest BCUT2D eigenvalue weighted by atomic mass is 10.1. The first-order valence-electron chi connectivity index (χ1n) is 6.37. The highest BCUT2D eigenvalue weighted by atomic mass is 79.9. The maximum absolute atomic E-state index is 13.8. The second-order valence-electron chi connectivity index (χ2n) is 4.57. The first-order chi connectivity index (χ1) is 10.1. The van der Waals surface area contributed by atoms with Crippen molar-refractivity contribution in [1.82, 2.24) is 5.43 Å². The zero-order valence-electron chi connectivity index (χ0n) is 11.2. The summed E-state index contributed by atoms with van der Waals surface area (Å²) >= 11 is 4.71. The summed E-state index contributed by atoms with van der Waals surface area (Å²) in [4.78, 5) is 0.825. The van der Waals surface area contributed by atoms with Gasteiger partial charge in [-0.2, -0.15) is 0 Å². The van der Waals surface area contributed by atoms with E-state index in [1.807, 2.05) is 6.07 Å². The number of hydrazine groups is 1. The number of halogens is 3. The Bertz CT molecular complexity index is 610. The van der Waals surface area contributed by atoms with Crippen molar-refractivity contribution in [3.63, 3.8) is 0 Å². The number of hydrogen-bond acceptors (Lipinski definition) is 3. The van der Waals surface area contributed by atoms with E-state index in [1.54, 1.807) is 18.2 Å². The van der Waals surface area contributed by atoms with Gasteiger partial charge in [0.15, 0.2) is 0 Å². The van der Waals surface area contributed by atoms with Crippen molar-refractivity contribution in [3.05, 3.63) is 64.1 Å². The molecule has 0 aliphatic heterocycles. The molecule has 1 unspecified atom stereocenters. The molecule has 2 rings (SSSR count). The second-order valence-corrected chi connectivity index (χ2v) is 6.58. The van der Waals surface area contributed by atoms with Gasteiger partial charge in [0, 0.05) is 21.2 Å². The standard InChI is InChI=1S/C15H15BrF2N2S/c16-11-5-4-10(15(18)7-11)6-13(20-19)9-21-14-3-1-2-12(17)8-14/h1-5,7-8,13,20H,6,9,19H2. The molecule has 0 fully saturated rings. The van der Waals surface area contributed by atoms with Gasteiger partial charge in [0.25, 0.3) is 0 Å². The molecule has 0 heterocycles. The average molecular weight is 373 g/mol. The van der Waals surface area contributed by atoms with Crippen molar-refractivity contribution >= 4 is 27.7 Å². The van der Waals surface area contributed by atoms with E-state index in [2.05, 4.69) is 21.4 Å². The zero-order chi connectivity index (χ0) is 15.2. The van der Waals surface area contributed by atoms with Gasteiger partial charge in [0.1, 0.15) is 11.6 Å². The third-order valence-electron chi connectivity index (χ3n) is 2.96. The molecule has 0 saturated carbocycles. The molecular weight excluding hydrogens is 358 g/mol. The lowest BCUT2D eigenvalue weighted by molar-refractivity contribution is 0.546. The Morgan fingerprint density at radius 3 is 2.67 bits per heavy atom. The summed E-state index contributed by atoms with van der Waals surface area (Å²) in [5.41, 5.74) is 3.28. The summed E-state index contributed by atoms with van der Waals surface area (Å²) in [6, 6.07) is 11.2. The maximum Gasteiger partial charge on any atom is 0.127 e. The molecule has 3 N–H and O–H groups in total. The van der Waals surface area contributed by atoms with E-state index < -0.39 is 0 Å². The van der Waals surface area contributed by atoms with E-state index in [0.29, 0.717) is 22.2 Å². The fourth-order valence-electron chi connectivity index (χ4n) is 1.87. The van der Waals surface area contributed by atoms with E-state index in [4.69, 9.17) is 5.84 Å². The van der Waals surface area contributed by atoms with Crippen molar-refractivity contribution in [2.45, 2.75) is 17.4 Å². The molecule has 0 spiro atoms. The van der Waals surface area contributed by atoms with Gasteiger partial charge < -0.3 is 0 Å². The first kappa shape index (κ1) is 16.4. The van der Waals surface area contributed by atoms with Crippen LogP contribution in [-0.4, -0.2) is 11.8 Å². The van der Waals surface area contributed by atoms with Crippen LogP contribution in [0.3, 0.4) is 0 Å². The van der Waals surface area contributed by atoms with Crippen LogP contribution in [0.2, 0.25) is 0 Å². The van der Waals surface area contributed by atoms with Gasteiger partial charge in [0.2, 0.25) is 0 Å².